The summed E-state index contributed by atoms with van der Waals surface area (Å²) in [5, 5.41) is 18.8. The van der Waals surface area contributed by atoms with Crippen molar-refractivity contribution in [1.82, 2.24) is 14.8 Å². The van der Waals surface area contributed by atoms with Gasteiger partial charge in [-0.2, -0.15) is 5.26 Å². The van der Waals surface area contributed by atoms with Crippen molar-refractivity contribution in [2.45, 2.75) is 24.4 Å². The van der Waals surface area contributed by atoms with E-state index in [4.69, 9.17) is 9.68 Å². The molecule has 0 fully saturated rings. The first kappa shape index (κ1) is 18.1. The Balaban J connectivity index is 1.66. The molecular weight excluding hydrogens is 368 g/mol. The predicted molar refractivity (Wildman–Crippen MR) is 109 cm³/mol. The third-order valence-corrected chi connectivity index (χ3v) is 5.46. The second kappa shape index (κ2) is 8.15. The molecule has 2 aromatic carbocycles. The fourth-order valence-electron chi connectivity index (χ4n) is 3.00. The van der Waals surface area contributed by atoms with Crippen LogP contribution in [0.25, 0.3) is 11.4 Å². The summed E-state index contributed by atoms with van der Waals surface area (Å²) in [6.45, 7) is 2.63. The van der Waals surface area contributed by atoms with Crippen LogP contribution in [0.15, 0.2) is 76.5 Å². The molecule has 28 heavy (non-hydrogen) atoms. The largest absolute Gasteiger partial charge is 0.467 e. The van der Waals surface area contributed by atoms with Crippen molar-refractivity contribution < 1.29 is 4.42 Å². The first-order valence-corrected chi connectivity index (χ1v) is 9.86. The highest BCUT2D eigenvalue weighted by atomic mass is 32.2. The molecule has 6 heteroatoms. The lowest BCUT2D eigenvalue weighted by atomic mass is 10.1. The van der Waals surface area contributed by atoms with Gasteiger partial charge in [0.05, 0.1) is 24.4 Å². The van der Waals surface area contributed by atoms with E-state index in [1.54, 1.807) is 18.0 Å². The number of aromatic nitrogens is 3. The molecular formula is C22H18N4OS. The maximum atomic E-state index is 9.10. The van der Waals surface area contributed by atoms with E-state index in [1.807, 2.05) is 48.5 Å². The highest BCUT2D eigenvalue weighted by Crippen LogP contribution is 2.29. The van der Waals surface area contributed by atoms with Crippen LogP contribution < -0.4 is 0 Å². The lowest BCUT2D eigenvalue weighted by molar-refractivity contribution is 0.485. The van der Waals surface area contributed by atoms with Gasteiger partial charge in [-0.1, -0.05) is 48.2 Å². The molecule has 0 amide bonds. The number of benzene rings is 2. The molecule has 4 rings (SSSR count). The van der Waals surface area contributed by atoms with E-state index in [-0.39, 0.29) is 0 Å². The molecule has 0 aliphatic heterocycles. The van der Waals surface area contributed by atoms with Crippen molar-refractivity contribution in [3.05, 3.63) is 89.4 Å². The topological polar surface area (TPSA) is 67.6 Å². The van der Waals surface area contributed by atoms with E-state index in [9.17, 15) is 0 Å². The Morgan fingerprint density at radius 1 is 1.07 bits per heavy atom. The summed E-state index contributed by atoms with van der Waals surface area (Å²) >= 11 is 1.60. The quantitative estimate of drug-likeness (QED) is 0.433. The van der Waals surface area contributed by atoms with Gasteiger partial charge in [0.25, 0.3) is 0 Å². The minimum atomic E-state index is 0.560. The third kappa shape index (κ3) is 3.85. The maximum Gasteiger partial charge on any atom is 0.192 e. The zero-order valence-corrected chi connectivity index (χ0v) is 16.2. The molecule has 5 nitrogen and oxygen atoms in total. The zero-order chi connectivity index (χ0) is 19.3. The van der Waals surface area contributed by atoms with Crippen LogP contribution in [-0.4, -0.2) is 14.8 Å². The first-order valence-electron chi connectivity index (χ1n) is 8.88. The number of nitriles is 1. The number of nitrogens with zero attached hydrogens (tertiary/aromatic N) is 4. The molecule has 0 saturated heterocycles. The summed E-state index contributed by atoms with van der Waals surface area (Å²) in [6.07, 6.45) is 1.67. The number of hydrogen-bond donors (Lipinski definition) is 0. The molecule has 0 saturated carbocycles. The average molecular weight is 386 g/mol. The van der Waals surface area contributed by atoms with Crippen molar-refractivity contribution in [3.8, 4) is 17.5 Å². The van der Waals surface area contributed by atoms with Crippen molar-refractivity contribution in [2.75, 3.05) is 0 Å². The van der Waals surface area contributed by atoms with Crippen LogP contribution in [0.5, 0.6) is 0 Å². The highest BCUT2D eigenvalue weighted by Gasteiger charge is 2.17. The van der Waals surface area contributed by atoms with Gasteiger partial charge >= 0.3 is 0 Å². The monoisotopic (exact) mass is 386 g/mol. The molecule has 0 radical (unpaired) electrons. The summed E-state index contributed by atoms with van der Waals surface area (Å²) in [5.41, 5.74) is 3.94. The van der Waals surface area contributed by atoms with E-state index in [0.29, 0.717) is 17.9 Å². The Hall–Kier alpha value is -3.30. The standard InChI is InChI=1S/C22H18N4OS/c1-16-6-2-3-10-20(16)21-24-25-22(26(21)14-19-9-5-11-27-19)28-15-18-8-4-7-17(12-18)13-23/h2-12H,14-15H2,1H3. The minimum absolute atomic E-state index is 0.560. The van der Waals surface area contributed by atoms with Crippen LogP contribution in [-0.2, 0) is 12.3 Å². The fraction of sp³-hybridized carbons (Fsp3) is 0.136. The summed E-state index contributed by atoms with van der Waals surface area (Å²) in [5.74, 6) is 2.38. The second-order valence-corrected chi connectivity index (χ2v) is 7.33. The SMILES string of the molecule is Cc1ccccc1-c1nnc(SCc2cccc(C#N)c2)n1Cc1ccco1. The van der Waals surface area contributed by atoms with Gasteiger partial charge in [-0.3, -0.25) is 4.57 Å². The molecule has 138 valence electrons. The van der Waals surface area contributed by atoms with Gasteiger partial charge in [0.15, 0.2) is 11.0 Å². The number of hydrogen-bond acceptors (Lipinski definition) is 5. The van der Waals surface area contributed by atoms with Crippen LogP contribution in [0.3, 0.4) is 0 Å². The van der Waals surface area contributed by atoms with Gasteiger partial charge < -0.3 is 4.42 Å². The minimum Gasteiger partial charge on any atom is -0.467 e. The van der Waals surface area contributed by atoms with Crippen LogP contribution in [0.1, 0.15) is 22.5 Å². The summed E-state index contributed by atoms with van der Waals surface area (Å²) in [7, 11) is 0. The zero-order valence-electron chi connectivity index (χ0n) is 15.4. The Morgan fingerprint density at radius 2 is 1.96 bits per heavy atom. The third-order valence-electron chi connectivity index (χ3n) is 4.42. The lowest BCUT2D eigenvalue weighted by Gasteiger charge is -2.10. The molecule has 2 aromatic heterocycles. The van der Waals surface area contributed by atoms with Gasteiger partial charge in [0.2, 0.25) is 0 Å². The fourth-order valence-corrected chi connectivity index (χ4v) is 3.88. The Morgan fingerprint density at radius 3 is 2.75 bits per heavy atom. The Bertz CT molecular complexity index is 1130. The maximum absolute atomic E-state index is 9.10. The van der Waals surface area contributed by atoms with Crippen molar-refractivity contribution in [1.29, 1.82) is 5.26 Å². The van der Waals surface area contributed by atoms with Crippen LogP contribution in [0, 0.1) is 18.3 Å². The second-order valence-electron chi connectivity index (χ2n) is 6.39. The molecule has 0 aliphatic carbocycles. The molecule has 4 aromatic rings. The predicted octanol–water partition coefficient (Wildman–Crippen LogP) is 5.06. The van der Waals surface area contributed by atoms with Crippen molar-refractivity contribution >= 4 is 11.8 Å². The molecule has 0 N–H and O–H groups in total. The van der Waals surface area contributed by atoms with Gasteiger partial charge in [0, 0.05) is 11.3 Å². The summed E-state index contributed by atoms with van der Waals surface area (Å²) in [4.78, 5) is 0. The van der Waals surface area contributed by atoms with E-state index in [2.05, 4.69) is 39.9 Å². The van der Waals surface area contributed by atoms with Crippen LogP contribution in [0.2, 0.25) is 0 Å². The van der Waals surface area contributed by atoms with Gasteiger partial charge in [0.1, 0.15) is 5.76 Å². The molecule has 0 bridgehead atoms. The summed E-state index contributed by atoms with van der Waals surface area (Å²) in [6, 6.07) is 21.8. The normalized spacial score (nSPS) is 10.7. The molecule has 2 heterocycles. The van der Waals surface area contributed by atoms with E-state index in [0.717, 1.165) is 33.4 Å². The van der Waals surface area contributed by atoms with Crippen molar-refractivity contribution in [3.63, 3.8) is 0 Å². The van der Waals surface area contributed by atoms with Gasteiger partial charge in [-0.15, -0.1) is 10.2 Å². The first-order chi connectivity index (χ1) is 13.7. The van der Waals surface area contributed by atoms with E-state index >= 15 is 0 Å². The Kier molecular flexibility index (Phi) is 5.27. The summed E-state index contributed by atoms with van der Waals surface area (Å²) < 4.78 is 7.64. The van der Waals surface area contributed by atoms with Crippen molar-refractivity contribution in [2.24, 2.45) is 0 Å². The molecule has 0 atom stereocenters. The van der Waals surface area contributed by atoms with Crippen LogP contribution in [0.4, 0.5) is 0 Å². The lowest BCUT2D eigenvalue weighted by Crippen LogP contribution is -2.04. The highest BCUT2D eigenvalue weighted by molar-refractivity contribution is 7.98. The van der Waals surface area contributed by atoms with Gasteiger partial charge in [-0.05, 0) is 42.3 Å². The number of aryl methyl sites for hydroxylation is 1. The molecule has 0 spiro atoms. The number of thioether (sulfide) groups is 1. The average Bonchev–Trinajstić information content (AvgIpc) is 3.38. The number of furan rings is 1. The van der Waals surface area contributed by atoms with E-state index < -0.39 is 0 Å². The van der Waals surface area contributed by atoms with Crippen LogP contribution >= 0.6 is 11.8 Å². The number of rotatable bonds is 6. The molecule has 0 aliphatic rings. The molecule has 0 unspecified atom stereocenters. The van der Waals surface area contributed by atoms with Gasteiger partial charge in [-0.25, -0.2) is 0 Å². The Labute approximate surface area is 167 Å². The van der Waals surface area contributed by atoms with E-state index in [1.165, 1.54) is 0 Å². The smallest absolute Gasteiger partial charge is 0.192 e.